The van der Waals surface area contributed by atoms with Crippen LogP contribution in [0.1, 0.15) is 32.6 Å². The molecule has 0 spiro atoms. The highest BCUT2D eigenvalue weighted by Gasteiger charge is 2.25. The molecular formula is C12H21N3O2. The minimum atomic E-state index is 0.0864. The SMILES string of the molecule is CC1CCC(C(=O)NCC2CCC(=O)N2)CN1. The molecule has 0 bridgehead atoms. The summed E-state index contributed by atoms with van der Waals surface area (Å²) in [5, 5.41) is 9.10. The average molecular weight is 239 g/mol. The maximum absolute atomic E-state index is 11.9. The number of nitrogens with one attached hydrogen (secondary N) is 3. The highest BCUT2D eigenvalue weighted by atomic mass is 16.2. The molecule has 0 aromatic rings. The molecule has 2 aliphatic heterocycles. The molecule has 0 radical (unpaired) electrons. The van der Waals surface area contributed by atoms with Gasteiger partial charge in [0.05, 0.1) is 5.92 Å². The van der Waals surface area contributed by atoms with Crippen LogP contribution in [0.25, 0.3) is 0 Å². The number of hydrogen-bond acceptors (Lipinski definition) is 3. The summed E-state index contributed by atoms with van der Waals surface area (Å²) < 4.78 is 0. The van der Waals surface area contributed by atoms with E-state index in [-0.39, 0.29) is 23.8 Å². The molecule has 2 heterocycles. The summed E-state index contributed by atoms with van der Waals surface area (Å²) in [6.07, 6.45) is 3.43. The summed E-state index contributed by atoms with van der Waals surface area (Å²) >= 11 is 0. The van der Waals surface area contributed by atoms with Gasteiger partial charge in [0.2, 0.25) is 11.8 Å². The van der Waals surface area contributed by atoms with Crippen LogP contribution < -0.4 is 16.0 Å². The lowest BCUT2D eigenvalue weighted by molar-refractivity contribution is -0.126. The van der Waals surface area contributed by atoms with E-state index in [9.17, 15) is 9.59 Å². The molecular weight excluding hydrogens is 218 g/mol. The van der Waals surface area contributed by atoms with Crippen molar-refractivity contribution in [2.45, 2.75) is 44.7 Å². The molecule has 2 rings (SSSR count). The van der Waals surface area contributed by atoms with Gasteiger partial charge in [0.15, 0.2) is 0 Å². The van der Waals surface area contributed by atoms with Crippen LogP contribution >= 0.6 is 0 Å². The summed E-state index contributed by atoms with van der Waals surface area (Å²) in [5.41, 5.74) is 0. The number of piperidine rings is 1. The molecule has 3 atom stereocenters. The van der Waals surface area contributed by atoms with Gasteiger partial charge in [0, 0.05) is 31.6 Å². The number of carbonyl (C=O) groups is 2. The normalized spacial score (nSPS) is 33.2. The van der Waals surface area contributed by atoms with Gasteiger partial charge in [-0.1, -0.05) is 0 Å². The van der Waals surface area contributed by atoms with Crippen LogP contribution in [0.4, 0.5) is 0 Å². The Morgan fingerprint density at radius 3 is 2.82 bits per heavy atom. The van der Waals surface area contributed by atoms with Crippen LogP contribution in [0, 0.1) is 5.92 Å². The van der Waals surface area contributed by atoms with E-state index in [0.29, 0.717) is 19.0 Å². The molecule has 0 aromatic heterocycles. The fourth-order valence-electron chi connectivity index (χ4n) is 2.42. The quantitative estimate of drug-likeness (QED) is 0.637. The second kappa shape index (κ2) is 5.49. The van der Waals surface area contributed by atoms with E-state index in [0.717, 1.165) is 25.8 Å². The lowest BCUT2D eigenvalue weighted by Crippen LogP contribution is -2.46. The molecule has 2 aliphatic rings. The van der Waals surface area contributed by atoms with E-state index in [1.54, 1.807) is 0 Å². The zero-order valence-corrected chi connectivity index (χ0v) is 10.3. The molecule has 5 nitrogen and oxygen atoms in total. The first-order chi connectivity index (χ1) is 8.15. The maximum atomic E-state index is 11.9. The van der Waals surface area contributed by atoms with Crippen molar-refractivity contribution in [3.8, 4) is 0 Å². The molecule has 3 N–H and O–H groups in total. The second-order valence-corrected chi connectivity index (χ2v) is 5.13. The third kappa shape index (κ3) is 3.43. The summed E-state index contributed by atoms with van der Waals surface area (Å²) in [7, 11) is 0. The minimum absolute atomic E-state index is 0.0864. The number of hydrogen-bond donors (Lipinski definition) is 3. The van der Waals surface area contributed by atoms with Gasteiger partial charge in [-0.2, -0.15) is 0 Å². The molecule has 2 saturated heterocycles. The van der Waals surface area contributed by atoms with Crippen LogP contribution in [0.2, 0.25) is 0 Å². The van der Waals surface area contributed by atoms with Crippen molar-refractivity contribution in [2.75, 3.05) is 13.1 Å². The molecule has 17 heavy (non-hydrogen) atoms. The first kappa shape index (κ1) is 12.4. The fraction of sp³-hybridized carbons (Fsp3) is 0.833. The number of carbonyl (C=O) groups excluding carboxylic acids is 2. The Bertz CT molecular complexity index is 298. The monoisotopic (exact) mass is 239 g/mol. The Morgan fingerprint density at radius 2 is 2.24 bits per heavy atom. The molecule has 0 aliphatic carbocycles. The largest absolute Gasteiger partial charge is 0.354 e. The van der Waals surface area contributed by atoms with Crippen LogP contribution in [-0.4, -0.2) is 37.0 Å². The maximum Gasteiger partial charge on any atom is 0.224 e. The molecule has 2 fully saturated rings. The Morgan fingerprint density at radius 1 is 1.41 bits per heavy atom. The van der Waals surface area contributed by atoms with Gasteiger partial charge in [-0.3, -0.25) is 9.59 Å². The molecule has 2 amide bonds. The molecule has 0 saturated carbocycles. The van der Waals surface area contributed by atoms with Gasteiger partial charge >= 0.3 is 0 Å². The number of rotatable bonds is 3. The van der Waals surface area contributed by atoms with Crippen molar-refractivity contribution >= 4 is 11.8 Å². The van der Waals surface area contributed by atoms with Crippen molar-refractivity contribution in [3.05, 3.63) is 0 Å². The van der Waals surface area contributed by atoms with E-state index in [4.69, 9.17) is 0 Å². The van der Waals surface area contributed by atoms with Gasteiger partial charge in [0.1, 0.15) is 0 Å². The predicted molar refractivity (Wildman–Crippen MR) is 64.4 cm³/mol. The van der Waals surface area contributed by atoms with Crippen molar-refractivity contribution < 1.29 is 9.59 Å². The Kier molecular flexibility index (Phi) is 3.99. The third-order valence-electron chi connectivity index (χ3n) is 3.64. The van der Waals surface area contributed by atoms with Crippen molar-refractivity contribution in [1.29, 1.82) is 0 Å². The zero-order chi connectivity index (χ0) is 12.3. The Labute approximate surface area is 102 Å². The summed E-state index contributed by atoms with van der Waals surface area (Å²) in [6, 6.07) is 0.648. The minimum Gasteiger partial charge on any atom is -0.354 e. The smallest absolute Gasteiger partial charge is 0.224 e. The standard InChI is InChI=1S/C12H21N3O2/c1-8-2-3-9(6-13-8)12(17)14-7-10-4-5-11(16)15-10/h8-10,13H,2-7H2,1H3,(H,14,17)(H,15,16). The van der Waals surface area contributed by atoms with Crippen molar-refractivity contribution in [3.63, 3.8) is 0 Å². The second-order valence-electron chi connectivity index (χ2n) is 5.13. The molecule has 96 valence electrons. The van der Waals surface area contributed by atoms with Gasteiger partial charge in [-0.15, -0.1) is 0 Å². The molecule has 5 heteroatoms. The number of amides is 2. The van der Waals surface area contributed by atoms with E-state index in [1.165, 1.54) is 0 Å². The van der Waals surface area contributed by atoms with Gasteiger partial charge in [0.25, 0.3) is 0 Å². The lowest BCUT2D eigenvalue weighted by atomic mass is 9.95. The predicted octanol–water partition coefficient (Wildman–Crippen LogP) is -0.231. The van der Waals surface area contributed by atoms with E-state index in [2.05, 4.69) is 22.9 Å². The summed E-state index contributed by atoms with van der Waals surface area (Å²) in [5.74, 6) is 0.297. The van der Waals surface area contributed by atoms with Crippen LogP contribution in [0.15, 0.2) is 0 Å². The van der Waals surface area contributed by atoms with E-state index < -0.39 is 0 Å². The molecule has 0 aromatic carbocycles. The van der Waals surface area contributed by atoms with Crippen LogP contribution in [0.5, 0.6) is 0 Å². The topological polar surface area (TPSA) is 70.2 Å². The summed E-state index contributed by atoms with van der Waals surface area (Å²) in [4.78, 5) is 22.9. The van der Waals surface area contributed by atoms with Crippen LogP contribution in [0.3, 0.4) is 0 Å². The van der Waals surface area contributed by atoms with Gasteiger partial charge < -0.3 is 16.0 Å². The highest BCUT2D eigenvalue weighted by Crippen LogP contribution is 2.14. The Balaban J connectivity index is 1.68. The first-order valence-corrected chi connectivity index (χ1v) is 6.45. The highest BCUT2D eigenvalue weighted by molar-refractivity contribution is 5.80. The van der Waals surface area contributed by atoms with Gasteiger partial charge in [-0.05, 0) is 26.2 Å². The lowest BCUT2D eigenvalue weighted by Gasteiger charge is -2.27. The van der Waals surface area contributed by atoms with Gasteiger partial charge in [-0.25, -0.2) is 0 Å². The first-order valence-electron chi connectivity index (χ1n) is 6.45. The molecule has 3 unspecified atom stereocenters. The van der Waals surface area contributed by atoms with Crippen LogP contribution in [-0.2, 0) is 9.59 Å². The zero-order valence-electron chi connectivity index (χ0n) is 10.3. The summed E-state index contributed by atoms with van der Waals surface area (Å²) in [6.45, 7) is 3.48. The van der Waals surface area contributed by atoms with E-state index in [1.807, 2.05) is 0 Å². The van der Waals surface area contributed by atoms with Crippen molar-refractivity contribution in [1.82, 2.24) is 16.0 Å². The third-order valence-corrected chi connectivity index (χ3v) is 3.64. The average Bonchev–Trinajstić information content (AvgIpc) is 2.73. The van der Waals surface area contributed by atoms with E-state index >= 15 is 0 Å². The fourth-order valence-corrected chi connectivity index (χ4v) is 2.42. The Hall–Kier alpha value is -1.10. The van der Waals surface area contributed by atoms with Crippen molar-refractivity contribution in [2.24, 2.45) is 5.92 Å².